The normalized spacial score (nSPS) is 16.9. The minimum absolute atomic E-state index is 0.0944. The second-order valence-electron chi connectivity index (χ2n) is 5.99. The lowest BCUT2D eigenvalue weighted by atomic mass is 10.2. The van der Waals surface area contributed by atoms with E-state index in [9.17, 15) is 4.79 Å². The number of aromatic nitrogens is 1. The number of hydrogen-bond donors (Lipinski definition) is 2. The molecule has 0 radical (unpaired) electrons. The largest absolute Gasteiger partial charge is 0.490 e. The molecule has 1 saturated heterocycles. The number of pyridine rings is 1. The van der Waals surface area contributed by atoms with Gasteiger partial charge in [0, 0.05) is 17.8 Å². The van der Waals surface area contributed by atoms with Crippen LogP contribution in [0.25, 0.3) is 6.08 Å². The van der Waals surface area contributed by atoms with Crippen molar-refractivity contribution in [3.05, 3.63) is 66.0 Å². The van der Waals surface area contributed by atoms with E-state index in [2.05, 4.69) is 27.8 Å². The first-order chi connectivity index (χ1) is 12.3. The van der Waals surface area contributed by atoms with E-state index in [1.165, 1.54) is 12.8 Å². The van der Waals surface area contributed by atoms with Crippen LogP contribution in [0.15, 0.2) is 54.9 Å². The van der Waals surface area contributed by atoms with Crippen LogP contribution in [0, 0.1) is 0 Å². The SMILES string of the molecule is O=C(NCCOc1cncc(C=C[C@@H]2CCCN2)c1)c1ccccc1. The molecule has 1 aromatic carbocycles. The number of ether oxygens (including phenoxy) is 1. The standard InChI is InChI=1S/C20H23N3O2/c24-20(17-5-2-1-3-6-17)23-11-12-25-19-13-16(14-21-15-19)8-9-18-7-4-10-22-18/h1-3,5-6,8-9,13-15,18,22H,4,7,10-12H2,(H,23,24)/t18-/m0/s1. The molecule has 1 fully saturated rings. The van der Waals surface area contributed by atoms with E-state index in [1.807, 2.05) is 30.5 Å². The average Bonchev–Trinajstić information content (AvgIpc) is 3.18. The first-order valence-corrected chi connectivity index (χ1v) is 8.64. The summed E-state index contributed by atoms with van der Waals surface area (Å²) >= 11 is 0. The maximum atomic E-state index is 11.9. The summed E-state index contributed by atoms with van der Waals surface area (Å²) in [5.41, 5.74) is 1.66. The maximum Gasteiger partial charge on any atom is 0.251 e. The van der Waals surface area contributed by atoms with E-state index in [0.717, 1.165) is 12.1 Å². The molecule has 5 nitrogen and oxygen atoms in total. The van der Waals surface area contributed by atoms with Crippen molar-refractivity contribution < 1.29 is 9.53 Å². The molecule has 0 spiro atoms. The van der Waals surface area contributed by atoms with Gasteiger partial charge in [-0.3, -0.25) is 9.78 Å². The van der Waals surface area contributed by atoms with Gasteiger partial charge < -0.3 is 15.4 Å². The van der Waals surface area contributed by atoms with Gasteiger partial charge >= 0.3 is 0 Å². The zero-order chi connectivity index (χ0) is 17.3. The fourth-order valence-electron chi connectivity index (χ4n) is 2.73. The van der Waals surface area contributed by atoms with Gasteiger partial charge in [-0.1, -0.05) is 30.4 Å². The van der Waals surface area contributed by atoms with Crippen molar-refractivity contribution >= 4 is 12.0 Å². The molecule has 2 N–H and O–H groups in total. The molecule has 0 unspecified atom stereocenters. The molecule has 5 heteroatoms. The minimum Gasteiger partial charge on any atom is -0.490 e. The molecule has 1 aliphatic heterocycles. The lowest BCUT2D eigenvalue weighted by Gasteiger charge is -2.08. The highest BCUT2D eigenvalue weighted by Crippen LogP contribution is 2.14. The average molecular weight is 337 g/mol. The van der Waals surface area contributed by atoms with Crippen molar-refractivity contribution in [2.45, 2.75) is 18.9 Å². The van der Waals surface area contributed by atoms with Crippen LogP contribution in [-0.4, -0.2) is 36.6 Å². The van der Waals surface area contributed by atoms with Crippen molar-refractivity contribution in [2.75, 3.05) is 19.7 Å². The number of benzene rings is 1. The Balaban J connectivity index is 1.43. The van der Waals surface area contributed by atoms with E-state index in [1.54, 1.807) is 18.3 Å². The van der Waals surface area contributed by atoms with E-state index in [4.69, 9.17) is 4.74 Å². The predicted octanol–water partition coefficient (Wildman–Crippen LogP) is 2.66. The van der Waals surface area contributed by atoms with Gasteiger partial charge in [0.15, 0.2) is 0 Å². The smallest absolute Gasteiger partial charge is 0.251 e. The highest BCUT2D eigenvalue weighted by atomic mass is 16.5. The van der Waals surface area contributed by atoms with Crippen molar-refractivity contribution in [3.63, 3.8) is 0 Å². The Morgan fingerprint density at radius 1 is 1.32 bits per heavy atom. The molecule has 1 atom stereocenters. The molecular formula is C20H23N3O2. The molecule has 2 heterocycles. The van der Waals surface area contributed by atoms with Crippen molar-refractivity contribution in [2.24, 2.45) is 0 Å². The topological polar surface area (TPSA) is 63.2 Å². The third-order valence-corrected chi connectivity index (χ3v) is 4.05. The maximum absolute atomic E-state index is 11.9. The molecule has 1 aliphatic rings. The minimum atomic E-state index is -0.0944. The molecular weight excluding hydrogens is 314 g/mol. The Morgan fingerprint density at radius 3 is 3.00 bits per heavy atom. The van der Waals surface area contributed by atoms with Gasteiger partial charge in [0.1, 0.15) is 12.4 Å². The Kier molecular flexibility index (Phi) is 6.17. The fraction of sp³-hybridized carbons (Fsp3) is 0.300. The third-order valence-electron chi connectivity index (χ3n) is 4.05. The van der Waals surface area contributed by atoms with Crippen LogP contribution in [-0.2, 0) is 0 Å². The van der Waals surface area contributed by atoms with Gasteiger partial charge in [0.25, 0.3) is 5.91 Å². The number of rotatable bonds is 7. The molecule has 0 saturated carbocycles. The van der Waals surface area contributed by atoms with Gasteiger partial charge in [-0.25, -0.2) is 0 Å². The molecule has 130 valence electrons. The van der Waals surface area contributed by atoms with Crippen LogP contribution < -0.4 is 15.4 Å². The highest BCUT2D eigenvalue weighted by Gasteiger charge is 2.09. The van der Waals surface area contributed by atoms with E-state index in [0.29, 0.717) is 30.5 Å². The van der Waals surface area contributed by atoms with Gasteiger partial charge in [-0.05, 0) is 43.1 Å². The van der Waals surface area contributed by atoms with Crippen LogP contribution in [0.1, 0.15) is 28.8 Å². The Hall–Kier alpha value is -2.66. The van der Waals surface area contributed by atoms with Crippen molar-refractivity contribution in [1.29, 1.82) is 0 Å². The molecule has 3 rings (SSSR count). The molecule has 25 heavy (non-hydrogen) atoms. The second kappa shape index (κ2) is 8.99. The molecule has 1 aromatic heterocycles. The monoisotopic (exact) mass is 337 g/mol. The molecule has 0 aliphatic carbocycles. The second-order valence-corrected chi connectivity index (χ2v) is 5.99. The van der Waals surface area contributed by atoms with Gasteiger partial charge in [-0.15, -0.1) is 0 Å². The summed E-state index contributed by atoms with van der Waals surface area (Å²) in [6.45, 7) is 1.93. The summed E-state index contributed by atoms with van der Waals surface area (Å²) in [6.07, 6.45) is 10.2. The van der Waals surface area contributed by atoms with E-state index in [-0.39, 0.29) is 5.91 Å². The Labute approximate surface area is 148 Å². The van der Waals surface area contributed by atoms with Crippen LogP contribution in [0.5, 0.6) is 5.75 Å². The first kappa shape index (κ1) is 17.2. The quantitative estimate of drug-likeness (QED) is 0.763. The Bertz CT molecular complexity index is 710. The number of carbonyl (C=O) groups excluding carboxylic acids is 1. The summed E-state index contributed by atoms with van der Waals surface area (Å²) in [7, 11) is 0. The summed E-state index contributed by atoms with van der Waals surface area (Å²) in [5.74, 6) is 0.610. The first-order valence-electron chi connectivity index (χ1n) is 8.64. The zero-order valence-corrected chi connectivity index (χ0v) is 14.2. The summed E-state index contributed by atoms with van der Waals surface area (Å²) in [4.78, 5) is 16.1. The zero-order valence-electron chi connectivity index (χ0n) is 14.2. The lowest BCUT2D eigenvalue weighted by molar-refractivity contribution is 0.0947. The molecule has 0 bridgehead atoms. The highest BCUT2D eigenvalue weighted by molar-refractivity contribution is 5.94. The van der Waals surface area contributed by atoms with E-state index >= 15 is 0 Å². The van der Waals surface area contributed by atoms with Crippen LogP contribution >= 0.6 is 0 Å². The Morgan fingerprint density at radius 2 is 2.20 bits per heavy atom. The van der Waals surface area contributed by atoms with Crippen LogP contribution in [0.4, 0.5) is 0 Å². The number of hydrogen-bond acceptors (Lipinski definition) is 4. The summed E-state index contributed by atoms with van der Waals surface area (Å²) < 4.78 is 5.68. The molecule has 2 aromatic rings. The van der Waals surface area contributed by atoms with Gasteiger partial charge in [0.2, 0.25) is 0 Å². The van der Waals surface area contributed by atoms with Gasteiger partial charge in [-0.2, -0.15) is 0 Å². The van der Waals surface area contributed by atoms with E-state index < -0.39 is 0 Å². The number of nitrogens with one attached hydrogen (secondary N) is 2. The third kappa shape index (κ3) is 5.43. The van der Waals surface area contributed by atoms with Crippen molar-refractivity contribution in [1.82, 2.24) is 15.6 Å². The fourth-order valence-corrected chi connectivity index (χ4v) is 2.73. The lowest BCUT2D eigenvalue weighted by Crippen LogP contribution is -2.28. The van der Waals surface area contributed by atoms with Gasteiger partial charge in [0.05, 0.1) is 12.7 Å². The number of carbonyl (C=O) groups is 1. The van der Waals surface area contributed by atoms with Crippen molar-refractivity contribution in [3.8, 4) is 5.75 Å². The predicted molar refractivity (Wildman–Crippen MR) is 98.6 cm³/mol. The van der Waals surface area contributed by atoms with Crippen LogP contribution in [0.2, 0.25) is 0 Å². The summed E-state index contributed by atoms with van der Waals surface area (Å²) in [6, 6.07) is 11.6. The number of amides is 1. The van der Waals surface area contributed by atoms with Crippen LogP contribution in [0.3, 0.4) is 0 Å². The molecule has 1 amide bonds. The number of nitrogens with zero attached hydrogens (tertiary/aromatic N) is 1. The summed E-state index contributed by atoms with van der Waals surface area (Å²) in [5, 5.41) is 6.27.